The number of anilines is 1. The highest BCUT2D eigenvalue weighted by Crippen LogP contribution is 2.37. The number of hydrogen-bond acceptors (Lipinski definition) is 7. The van der Waals surface area contributed by atoms with Crippen molar-refractivity contribution in [3.8, 4) is 0 Å². The number of hydrogen-bond donors (Lipinski definition) is 3. The van der Waals surface area contributed by atoms with E-state index in [4.69, 9.17) is 4.74 Å². The molecule has 37 heavy (non-hydrogen) atoms. The smallest absolute Gasteiger partial charge is 0.242 e. The summed E-state index contributed by atoms with van der Waals surface area (Å²) in [5.74, 6) is 0.273. The van der Waals surface area contributed by atoms with E-state index < -0.39 is 11.5 Å². The molecule has 0 radical (unpaired) electrons. The molecule has 1 aromatic rings. The molecule has 4 heterocycles. The van der Waals surface area contributed by atoms with E-state index in [1.54, 1.807) is 6.20 Å². The van der Waals surface area contributed by atoms with Gasteiger partial charge in [0.25, 0.3) is 0 Å². The van der Waals surface area contributed by atoms with Crippen molar-refractivity contribution in [3.05, 3.63) is 23.2 Å². The number of allylic oxidation sites excluding steroid dienone is 2. The Morgan fingerprint density at radius 1 is 1.27 bits per heavy atom. The van der Waals surface area contributed by atoms with Crippen molar-refractivity contribution in [3.63, 3.8) is 0 Å². The minimum Gasteiger partial charge on any atom is -0.381 e. The van der Waals surface area contributed by atoms with Crippen molar-refractivity contribution in [1.82, 2.24) is 20.5 Å². The van der Waals surface area contributed by atoms with Crippen molar-refractivity contribution in [2.75, 3.05) is 38.2 Å². The summed E-state index contributed by atoms with van der Waals surface area (Å²) in [6.45, 7) is 8.94. The lowest BCUT2D eigenvalue weighted by atomic mass is 9.74. The van der Waals surface area contributed by atoms with Crippen LogP contribution in [-0.4, -0.2) is 72.5 Å². The maximum absolute atomic E-state index is 13.7. The molecule has 0 unspecified atom stereocenters. The third-order valence-corrected chi connectivity index (χ3v) is 8.60. The largest absolute Gasteiger partial charge is 0.381 e. The number of fused-ring (bicyclic) bond motifs is 1. The Balaban J connectivity index is 1.44. The van der Waals surface area contributed by atoms with E-state index >= 15 is 0 Å². The first-order valence-corrected chi connectivity index (χ1v) is 14.3. The van der Waals surface area contributed by atoms with Crippen LogP contribution in [0.2, 0.25) is 0 Å². The molecule has 0 saturated carbocycles. The standard InChI is InChI=1S/C27H41N5O4S/c1-18(2)14-22-24(34)29-21-7-13-36-17-20(21)6-4-5-8-27(25(35)30-22)9-11-32(12-10-27)16-23(33)31-26-28-15-19(3)37-26/h4-5,15,18,20-22H,6-14,16-17H2,1-3H3,(H,29,34)(H,30,35)(H,28,31,33)/b5-4-/t20-,21+,22-/m1/s1. The van der Waals surface area contributed by atoms with Gasteiger partial charge >= 0.3 is 0 Å². The van der Waals surface area contributed by atoms with E-state index in [0.29, 0.717) is 57.1 Å². The molecule has 1 spiro atoms. The lowest BCUT2D eigenvalue weighted by Crippen LogP contribution is -2.57. The van der Waals surface area contributed by atoms with Gasteiger partial charge < -0.3 is 20.7 Å². The van der Waals surface area contributed by atoms with Crippen molar-refractivity contribution >= 4 is 34.2 Å². The summed E-state index contributed by atoms with van der Waals surface area (Å²) in [6.07, 6.45) is 10.1. The molecule has 0 aromatic carbocycles. The van der Waals surface area contributed by atoms with Crippen molar-refractivity contribution < 1.29 is 19.1 Å². The maximum atomic E-state index is 13.7. The Bertz CT molecular complexity index is 985. The van der Waals surface area contributed by atoms with Crippen LogP contribution in [0.1, 0.15) is 57.2 Å². The summed E-state index contributed by atoms with van der Waals surface area (Å²) in [7, 11) is 0. The fourth-order valence-corrected chi connectivity index (χ4v) is 6.21. The summed E-state index contributed by atoms with van der Waals surface area (Å²) in [5.41, 5.74) is -0.590. The molecule has 10 heteroatoms. The average Bonchev–Trinajstić information content (AvgIpc) is 3.26. The Morgan fingerprint density at radius 2 is 2.05 bits per heavy atom. The van der Waals surface area contributed by atoms with Crippen molar-refractivity contribution in [2.45, 2.75) is 71.4 Å². The Kier molecular flexibility index (Phi) is 9.36. The third-order valence-electron chi connectivity index (χ3n) is 7.77. The van der Waals surface area contributed by atoms with E-state index in [9.17, 15) is 14.4 Å². The number of carbonyl (C=O) groups is 3. The van der Waals surface area contributed by atoms with Gasteiger partial charge in [-0.3, -0.25) is 19.3 Å². The molecule has 9 nitrogen and oxygen atoms in total. The lowest BCUT2D eigenvalue weighted by Gasteiger charge is -2.41. The zero-order valence-corrected chi connectivity index (χ0v) is 23.1. The number of carbonyl (C=O) groups excluding carboxylic acids is 3. The second-order valence-corrected chi connectivity index (χ2v) is 12.4. The minimum atomic E-state index is -0.590. The SMILES string of the molecule is Cc1cnc(NC(=O)CN2CCC3(C/C=C\C[C@@H]4COCC[C@@H]4NC(=O)[C@@H](CC(C)C)NC3=O)CC2)s1. The molecule has 4 rings (SSSR count). The first kappa shape index (κ1) is 27.7. The summed E-state index contributed by atoms with van der Waals surface area (Å²) >= 11 is 1.46. The predicted molar refractivity (Wildman–Crippen MR) is 144 cm³/mol. The van der Waals surface area contributed by atoms with Gasteiger partial charge in [0.1, 0.15) is 6.04 Å². The molecule has 0 bridgehead atoms. The maximum Gasteiger partial charge on any atom is 0.242 e. The molecule has 3 N–H and O–H groups in total. The van der Waals surface area contributed by atoms with Gasteiger partial charge in [-0.2, -0.15) is 0 Å². The summed E-state index contributed by atoms with van der Waals surface area (Å²) in [5, 5.41) is 9.85. The summed E-state index contributed by atoms with van der Waals surface area (Å²) in [6, 6.07) is -0.490. The van der Waals surface area contributed by atoms with Crippen LogP contribution in [0.15, 0.2) is 18.3 Å². The zero-order chi connectivity index (χ0) is 26.4. The summed E-state index contributed by atoms with van der Waals surface area (Å²) in [4.78, 5) is 47.0. The van der Waals surface area contributed by atoms with E-state index in [1.165, 1.54) is 11.3 Å². The number of ether oxygens (including phenoxy) is 1. The van der Waals surface area contributed by atoms with E-state index in [1.807, 2.05) is 6.92 Å². The molecule has 2 fully saturated rings. The highest BCUT2D eigenvalue weighted by Gasteiger charge is 2.42. The number of thiazole rings is 1. The van der Waals surface area contributed by atoms with Crippen LogP contribution in [0.25, 0.3) is 0 Å². The van der Waals surface area contributed by atoms with E-state index in [2.05, 4.69) is 51.8 Å². The lowest BCUT2D eigenvalue weighted by molar-refractivity contribution is -0.138. The molecule has 3 atom stereocenters. The molecule has 1 aromatic heterocycles. The monoisotopic (exact) mass is 531 g/mol. The quantitative estimate of drug-likeness (QED) is 0.504. The molecule has 204 valence electrons. The number of aryl methyl sites for hydroxylation is 1. The molecular weight excluding hydrogens is 490 g/mol. The normalized spacial score (nSPS) is 27.9. The van der Waals surface area contributed by atoms with Gasteiger partial charge in [-0.25, -0.2) is 4.98 Å². The fourth-order valence-electron chi connectivity index (χ4n) is 5.53. The molecule has 2 saturated heterocycles. The third kappa shape index (κ3) is 7.39. The molecule has 3 aliphatic heterocycles. The predicted octanol–water partition coefficient (Wildman–Crippen LogP) is 2.87. The van der Waals surface area contributed by atoms with Crippen molar-refractivity contribution in [2.24, 2.45) is 17.3 Å². The molecule has 0 aliphatic carbocycles. The van der Waals surface area contributed by atoms with Crippen LogP contribution < -0.4 is 16.0 Å². The van der Waals surface area contributed by atoms with Crippen LogP contribution in [-0.2, 0) is 19.1 Å². The van der Waals surface area contributed by atoms with Gasteiger partial charge in [-0.1, -0.05) is 26.0 Å². The molecular formula is C27H41N5O4S. The number of likely N-dealkylation sites (tertiary alicyclic amines) is 1. The Hall–Kier alpha value is -2.30. The van der Waals surface area contributed by atoms with Crippen LogP contribution in [0, 0.1) is 24.2 Å². The number of aromatic nitrogens is 1. The van der Waals surface area contributed by atoms with Crippen LogP contribution in [0.4, 0.5) is 5.13 Å². The van der Waals surface area contributed by atoms with Gasteiger partial charge in [0.2, 0.25) is 17.7 Å². The van der Waals surface area contributed by atoms with Gasteiger partial charge in [0.05, 0.1) is 18.6 Å². The number of nitrogens with one attached hydrogen (secondary N) is 3. The first-order valence-electron chi connectivity index (χ1n) is 13.5. The second kappa shape index (κ2) is 12.5. The topological polar surface area (TPSA) is 113 Å². The Labute approximate surface area is 223 Å². The zero-order valence-electron chi connectivity index (χ0n) is 22.3. The number of rotatable bonds is 5. The average molecular weight is 532 g/mol. The van der Waals surface area contributed by atoms with E-state index in [-0.39, 0.29) is 42.1 Å². The minimum absolute atomic E-state index is 0.0515. The van der Waals surface area contributed by atoms with Crippen LogP contribution in [0.5, 0.6) is 0 Å². The highest BCUT2D eigenvalue weighted by molar-refractivity contribution is 7.15. The molecule has 3 aliphatic rings. The van der Waals surface area contributed by atoms with Crippen LogP contribution >= 0.6 is 11.3 Å². The fraction of sp³-hybridized carbons (Fsp3) is 0.704. The van der Waals surface area contributed by atoms with Gasteiger partial charge in [-0.15, -0.1) is 11.3 Å². The van der Waals surface area contributed by atoms with E-state index in [0.717, 1.165) is 17.7 Å². The van der Waals surface area contributed by atoms with Crippen LogP contribution in [0.3, 0.4) is 0 Å². The first-order chi connectivity index (χ1) is 17.7. The Morgan fingerprint density at radius 3 is 2.76 bits per heavy atom. The number of amides is 3. The van der Waals surface area contributed by atoms with Gasteiger partial charge in [0, 0.05) is 29.6 Å². The molecule has 3 amide bonds. The van der Waals surface area contributed by atoms with Crippen molar-refractivity contribution in [1.29, 1.82) is 0 Å². The number of piperidine rings is 1. The highest BCUT2D eigenvalue weighted by atomic mass is 32.1. The van der Waals surface area contributed by atoms with Gasteiger partial charge in [0.15, 0.2) is 5.13 Å². The second-order valence-electron chi connectivity index (χ2n) is 11.2. The van der Waals surface area contributed by atoms with Gasteiger partial charge in [-0.05, 0) is 64.5 Å². The summed E-state index contributed by atoms with van der Waals surface area (Å²) < 4.78 is 5.70. The number of nitrogens with zero attached hydrogens (tertiary/aromatic N) is 2.